The molecule has 0 aliphatic carbocycles. The summed E-state index contributed by atoms with van der Waals surface area (Å²) in [6, 6.07) is 0. The molecule has 1 fully saturated rings. The van der Waals surface area contributed by atoms with Crippen molar-refractivity contribution in [2.45, 2.75) is 58.8 Å². The molecule has 6 nitrogen and oxygen atoms in total. The first kappa shape index (κ1) is 16.0. The molecule has 2 rings (SSSR count). The monoisotopic (exact) mass is 294 g/mol. The van der Waals surface area contributed by atoms with E-state index in [2.05, 4.69) is 9.97 Å². The smallest absolute Gasteiger partial charge is 0.481 e. The van der Waals surface area contributed by atoms with Gasteiger partial charge in [-0.05, 0) is 41.5 Å². The Hall–Kier alpha value is -1.34. The third-order valence-electron chi connectivity index (χ3n) is 3.84. The van der Waals surface area contributed by atoms with Crippen molar-refractivity contribution in [3.63, 3.8) is 0 Å². The van der Waals surface area contributed by atoms with Gasteiger partial charge in [0.05, 0.1) is 24.4 Å². The molecule has 0 amide bonds. The summed E-state index contributed by atoms with van der Waals surface area (Å²) < 4.78 is 23.2. The zero-order valence-electron chi connectivity index (χ0n) is 13.8. The maximum absolute atomic E-state index is 6.05. The molecular weight excluding hydrogens is 271 g/mol. The molecule has 1 aliphatic heterocycles. The molecule has 0 bridgehead atoms. The molecule has 0 radical (unpaired) electrons. The highest BCUT2D eigenvalue weighted by Crippen LogP contribution is 2.37. The average molecular weight is 294 g/mol. The highest BCUT2D eigenvalue weighted by atomic mass is 16.7. The van der Waals surface area contributed by atoms with Crippen LogP contribution >= 0.6 is 0 Å². The molecule has 0 unspecified atom stereocenters. The predicted molar refractivity (Wildman–Crippen MR) is 80.1 cm³/mol. The van der Waals surface area contributed by atoms with Crippen LogP contribution in [0.3, 0.4) is 0 Å². The van der Waals surface area contributed by atoms with Gasteiger partial charge >= 0.3 is 7.12 Å². The Morgan fingerprint density at radius 3 is 2.05 bits per heavy atom. The van der Waals surface area contributed by atoms with E-state index in [-0.39, 0.29) is 6.10 Å². The summed E-state index contributed by atoms with van der Waals surface area (Å²) in [6.07, 6.45) is 1.39. The van der Waals surface area contributed by atoms with Crippen molar-refractivity contribution in [2.24, 2.45) is 0 Å². The Morgan fingerprint density at radius 1 is 1.05 bits per heavy atom. The molecule has 1 aromatic heterocycles. The summed E-state index contributed by atoms with van der Waals surface area (Å²) in [7, 11) is 0.927. The van der Waals surface area contributed by atoms with E-state index in [1.165, 1.54) is 6.33 Å². The molecule has 2 heterocycles. The lowest BCUT2D eigenvalue weighted by Gasteiger charge is -2.32. The molecule has 1 aromatic rings. The fourth-order valence-electron chi connectivity index (χ4n) is 2.01. The van der Waals surface area contributed by atoms with E-state index in [1.807, 2.05) is 41.5 Å². The van der Waals surface area contributed by atoms with Gasteiger partial charge in [0.1, 0.15) is 11.8 Å². The summed E-state index contributed by atoms with van der Waals surface area (Å²) in [6.45, 7) is 11.8. The van der Waals surface area contributed by atoms with Crippen LogP contribution in [0.25, 0.3) is 0 Å². The number of hydrogen-bond donors (Lipinski definition) is 0. The number of methoxy groups -OCH3 is 1. The van der Waals surface area contributed by atoms with Gasteiger partial charge in [-0.2, -0.15) is 0 Å². The molecule has 0 atom stereocenters. The second kappa shape index (κ2) is 5.46. The van der Waals surface area contributed by atoms with Crippen molar-refractivity contribution in [1.82, 2.24) is 9.97 Å². The number of rotatable bonds is 4. The summed E-state index contributed by atoms with van der Waals surface area (Å²) in [5.41, 5.74) is -0.311. The van der Waals surface area contributed by atoms with Crippen LogP contribution in [0.2, 0.25) is 0 Å². The molecule has 0 N–H and O–H groups in total. The second-order valence-corrected chi connectivity index (χ2v) is 6.36. The van der Waals surface area contributed by atoms with Gasteiger partial charge in [0.2, 0.25) is 11.8 Å². The minimum Gasteiger partial charge on any atom is -0.481 e. The molecule has 1 aliphatic rings. The van der Waals surface area contributed by atoms with Crippen LogP contribution in [-0.4, -0.2) is 41.5 Å². The first-order chi connectivity index (χ1) is 9.68. The van der Waals surface area contributed by atoms with Crippen LogP contribution in [0.5, 0.6) is 11.8 Å². The first-order valence-corrected chi connectivity index (χ1v) is 7.09. The molecule has 0 saturated carbocycles. The van der Waals surface area contributed by atoms with E-state index in [0.29, 0.717) is 17.2 Å². The van der Waals surface area contributed by atoms with Gasteiger partial charge in [0.25, 0.3) is 0 Å². The Kier molecular flexibility index (Phi) is 4.17. The molecule has 0 aromatic carbocycles. The summed E-state index contributed by atoms with van der Waals surface area (Å²) in [5, 5.41) is 0. The molecule has 7 heteroatoms. The highest BCUT2D eigenvalue weighted by Gasteiger charge is 2.54. The average Bonchev–Trinajstić information content (AvgIpc) is 2.57. The highest BCUT2D eigenvalue weighted by molar-refractivity contribution is 6.64. The molecular formula is C14H23BN2O4. The van der Waals surface area contributed by atoms with Gasteiger partial charge < -0.3 is 18.8 Å². The number of hydrogen-bond acceptors (Lipinski definition) is 6. The number of nitrogens with zero attached hydrogens (tertiary/aromatic N) is 2. The first-order valence-electron chi connectivity index (χ1n) is 7.09. The van der Waals surface area contributed by atoms with Crippen molar-refractivity contribution in [3.05, 3.63) is 6.33 Å². The van der Waals surface area contributed by atoms with E-state index in [4.69, 9.17) is 18.8 Å². The number of aromatic nitrogens is 2. The standard InChI is InChI=1S/C14H23BN2O4/c1-9(2)19-12-10(11(18-7)16-8-17-12)15-20-13(3,4)14(5,6)21-15/h8-9H,1-7H3. The van der Waals surface area contributed by atoms with Crippen molar-refractivity contribution < 1.29 is 18.8 Å². The Bertz CT molecular complexity index is 504. The maximum Gasteiger partial charge on any atom is 0.506 e. The summed E-state index contributed by atoms with van der Waals surface area (Å²) in [5.74, 6) is 0.828. The van der Waals surface area contributed by atoms with Gasteiger partial charge in [-0.1, -0.05) is 0 Å². The largest absolute Gasteiger partial charge is 0.506 e. The van der Waals surface area contributed by atoms with Gasteiger partial charge in [-0.15, -0.1) is 0 Å². The molecule has 0 spiro atoms. The SMILES string of the molecule is COc1ncnc(OC(C)C)c1B1OC(C)(C)C(C)(C)O1. The third-order valence-corrected chi connectivity index (χ3v) is 3.84. The Morgan fingerprint density at radius 2 is 1.57 bits per heavy atom. The van der Waals surface area contributed by atoms with Gasteiger partial charge in [0, 0.05) is 0 Å². The van der Waals surface area contributed by atoms with Crippen molar-refractivity contribution in [2.75, 3.05) is 7.11 Å². The van der Waals surface area contributed by atoms with E-state index >= 15 is 0 Å². The Labute approximate surface area is 126 Å². The summed E-state index contributed by atoms with van der Waals surface area (Å²) in [4.78, 5) is 8.33. The zero-order chi connectivity index (χ0) is 15.8. The minimum atomic E-state index is -0.625. The zero-order valence-corrected chi connectivity index (χ0v) is 13.8. The fraction of sp³-hybridized carbons (Fsp3) is 0.714. The number of ether oxygens (including phenoxy) is 2. The predicted octanol–water partition coefficient (Wildman–Crippen LogP) is 1.57. The van der Waals surface area contributed by atoms with E-state index in [9.17, 15) is 0 Å². The van der Waals surface area contributed by atoms with Gasteiger partial charge in [0.15, 0.2) is 0 Å². The van der Waals surface area contributed by atoms with E-state index in [0.717, 1.165) is 0 Å². The maximum atomic E-state index is 6.05. The molecule has 116 valence electrons. The van der Waals surface area contributed by atoms with Crippen LogP contribution in [-0.2, 0) is 9.31 Å². The van der Waals surface area contributed by atoms with Crippen LogP contribution in [0, 0.1) is 0 Å². The van der Waals surface area contributed by atoms with Crippen LogP contribution in [0.4, 0.5) is 0 Å². The second-order valence-electron chi connectivity index (χ2n) is 6.36. The van der Waals surface area contributed by atoms with Crippen LogP contribution < -0.4 is 14.9 Å². The minimum absolute atomic E-state index is 0.0224. The quantitative estimate of drug-likeness (QED) is 0.786. The lowest BCUT2D eigenvalue weighted by Crippen LogP contribution is -2.41. The van der Waals surface area contributed by atoms with Crippen LogP contribution in [0.1, 0.15) is 41.5 Å². The van der Waals surface area contributed by atoms with E-state index < -0.39 is 18.3 Å². The summed E-state index contributed by atoms with van der Waals surface area (Å²) >= 11 is 0. The van der Waals surface area contributed by atoms with Crippen LogP contribution in [0.15, 0.2) is 6.33 Å². The third kappa shape index (κ3) is 2.99. The van der Waals surface area contributed by atoms with Crippen molar-refractivity contribution in [3.8, 4) is 11.8 Å². The normalized spacial score (nSPS) is 19.9. The Balaban J connectivity index is 2.43. The lowest BCUT2D eigenvalue weighted by molar-refractivity contribution is 0.00578. The van der Waals surface area contributed by atoms with Crippen molar-refractivity contribution in [1.29, 1.82) is 0 Å². The lowest BCUT2D eigenvalue weighted by atomic mass is 9.80. The van der Waals surface area contributed by atoms with E-state index in [1.54, 1.807) is 7.11 Å². The topological polar surface area (TPSA) is 62.7 Å². The fourth-order valence-corrected chi connectivity index (χ4v) is 2.01. The van der Waals surface area contributed by atoms with Gasteiger partial charge in [-0.25, -0.2) is 9.97 Å². The van der Waals surface area contributed by atoms with Gasteiger partial charge in [-0.3, -0.25) is 0 Å². The van der Waals surface area contributed by atoms with Crippen molar-refractivity contribution >= 4 is 12.6 Å². The molecule has 21 heavy (non-hydrogen) atoms. The molecule has 1 saturated heterocycles.